The standard InChI is InChI=1S/C16H23NO2S/c18-15(13-4-1-2-5-13)17-12-16(7-9-19-10-8-16)14-6-3-11-20-14/h3,6,11,13H,1-2,4-5,7-10,12H2,(H,17,18). The molecule has 0 unspecified atom stereocenters. The van der Waals surface area contributed by atoms with Crippen molar-refractivity contribution < 1.29 is 9.53 Å². The number of ether oxygens (including phenoxy) is 1. The fourth-order valence-electron chi connectivity index (χ4n) is 3.44. The van der Waals surface area contributed by atoms with Gasteiger partial charge >= 0.3 is 0 Å². The molecule has 2 aliphatic rings. The predicted octanol–water partition coefficient (Wildman–Crippen LogP) is 3.10. The Labute approximate surface area is 124 Å². The normalized spacial score (nSPS) is 22.8. The van der Waals surface area contributed by atoms with Gasteiger partial charge in [0, 0.05) is 36.0 Å². The van der Waals surface area contributed by atoms with E-state index in [0.29, 0.717) is 0 Å². The first-order valence-corrected chi connectivity index (χ1v) is 8.58. The van der Waals surface area contributed by atoms with E-state index in [1.807, 2.05) is 0 Å². The van der Waals surface area contributed by atoms with Crippen molar-refractivity contribution in [2.24, 2.45) is 5.92 Å². The largest absolute Gasteiger partial charge is 0.381 e. The molecule has 20 heavy (non-hydrogen) atoms. The number of rotatable bonds is 4. The van der Waals surface area contributed by atoms with Crippen LogP contribution >= 0.6 is 11.3 Å². The number of carbonyl (C=O) groups is 1. The zero-order chi connectivity index (χ0) is 13.8. The first kappa shape index (κ1) is 14.1. The Morgan fingerprint density at radius 1 is 1.35 bits per heavy atom. The van der Waals surface area contributed by atoms with Crippen molar-refractivity contribution in [1.82, 2.24) is 5.32 Å². The smallest absolute Gasteiger partial charge is 0.223 e. The van der Waals surface area contributed by atoms with Crippen molar-refractivity contribution >= 4 is 17.2 Å². The van der Waals surface area contributed by atoms with E-state index in [4.69, 9.17) is 4.74 Å². The second-order valence-electron chi connectivity index (χ2n) is 6.07. The Hall–Kier alpha value is -0.870. The molecule has 0 bridgehead atoms. The van der Waals surface area contributed by atoms with Gasteiger partial charge in [0.25, 0.3) is 0 Å². The molecule has 3 rings (SSSR count). The number of hydrogen-bond donors (Lipinski definition) is 1. The summed E-state index contributed by atoms with van der Waals surface area (Å²) in [6, 6.07) is 4.31. The van der Waals surface area contributed by atoms with E-state index in [0.717, 1.165) is 45.4 Å². The molecular weight excluding hydrogens is 270 g/mol. The third-order valence-electron chi connectivity index (χ3n) is 4.82. The molecular formula is C16H23NO2S. The molecule has 1 aliphatic carbocycles. The van der Waals surface area contributed by atoms with Crippen LogP contribution in [0.15, 0.2) is 17.5 Å². The van der Waals surface area contributed by atoms with Crippen molar-refractivity contribution in [2.75, 3.05) is 19.8 Å². The Morgan fingerprint density at radius 2 is 2.10 bits per heavy atom. The summed E-state index contributed by atoms with van der Waals surface area (Å²) in [7, 11) is 0. The molecule has 1 saturated heterocycles. The molecule has 1 aromatic heterocycles. The van der Waals surface area contributed by atoms with E-state index >= 15 is 0 Å². The molecule has 1 amide bonds. The second kappa shape index (κ2) is 6.27. The predicted molar refractivity (Wildman–Crippen MR) is 81.0 cm³/mol. The van der Waals surface area contributed by atoms with E-state index in [9.17, 15) is 4.79 Å². The van der Waals surface area contributed by atoms with Gasteiger partial charge in [0.2, 0.25) is 5.91 Å². The van der Waals surface area contributed by atoms with Gasteiger partial charge in [0.05, 0.1) is 0 Å². The SMILES string of the molecule is O=C(NCC1(c2cccs2)CCOCC1)C1CCCC1. The van der Waals surface area contributed by atoms with Gasteiger partial charge in [-0.25, -0.2) is 0 Å². The summed E-state index contributed by atoms with van der Waals surface area (Å²) >= 11 is 1.81. The minimum atomic E-state index is 0.0979. The molecule has 1 aliphatic heterocycles. The van der Waals surface area contributed by atoms with Crippen LogP contribution in [-0.2, 0) is 14.9 Å². The van der Waals surface area contributed by atoms with Gasteiger partial charge in [0.15, 0.2) is 0 Å². The lowest BCUT2D eigenvalue weighted by molar-refractivity contribution is -0.125. The summed E-state index contributed by atoms with van der Waals surface area (Å²) in [5.41, 5.74) is 0.0979. The number of hydrogen-bond acceptors (Lipinski definition) is 3. The molecule has 4 heteroatoms. The molecule has 0 spiro atoms. The minimum Gasteiger partial charge on any atom is -0.381 e. The van der Waals surface area contributed by atoms with Crippen molar-refractivity contribution in [1.29, 1.82) is 0 Å². The highest BCUT2D eigenvalue weighted by atomic mass is 32.1. The zero-order valence-corrected chi connectivity index (χ0v) is 12.7. The van der Waals surface area contributed by atoms with E-state index < -0.39 is 0 Å². The number of carbonyl (C=O) groups excluding carboxylic acids is 1. The van der Waals surface area contributed by atoms with Crippen LogP contribution < -0.4 is 5.32 Å². The van der Waals surface area contributed by atoms with Crippen LogP contribution in [0.2, 0.25) is 0 Å². The summed E-state index contributed by atoms with van der Waals surface area (Å²) in [5, 5.41) is 5.37. The summed E-state index contributed by atoms with van der Waals surface area (Å²) in [4.78, 5) is 13.7. The monoisotopic (exact) mass is 293 g/mol. The Kier molecular flexibility index (Phi) is 4.41. The molecule has 1 N–H and O–H groups in total. The molecule has 1 aromatic rings. The lowest BCUT2D eigenvalue weighted by atomic mass is 9.78. The highest BCUT2D eigenvalue weighted by molar-refractivity contribution is 7.10. The quantitative estimate of drug-likeness (QED) is 0.926. The van der Waals surface area contributed by atoms with Crippen LogP contribution in [0.25, 0.3) is 0 Å². The number of nitrogens with one attached hydrogen (secondary N) is 1. The Bertz CT molecular complexity index is 431. The molecule has 0 atom stereocenters. The summed E-state index contributed by atoms with van der Waals surface area (Å²) in [6.07, 6.45) is 6.59. The fraction of sp³-hybridized carbons (Fsp3) is 0.688. The highest BCUT2D eigenvalue weighted by Gasteiger charge is 2.36. The molecule has 0 aromatic carbocycles. The van der Waals surface area contributed by atoms with Crippen LogP contribution in [-0.4, -0.2) is 25.7 Å². The van der Waals surface area contributed by atoms with Gasteiger partial charge in [-0.2, -0.15) is 0 Å². The average molecular weight is 293 g/mol. The Balaban J connectivity index is 1.66. The van der Waals surface area contributed by atoms with Crippen LogP contribution in [0, 0.1) is 5.92 Å². The second-order valence-corrected chi connectivity index (χ2v) is 7.02. The summed E-state index contributed by atoms with van der Waals surface area (Å²) in [6.45, 7) is 2.38. The van der Waals surface area contributed by atoms with Gasteiger partial charge in [-0.05, 0) is 37.1 Å². The maximum Gasteiger partial charge on any atom is 0.223 e. The van der Waals surface area contributed by atoms with E-state index in [-0.39, 0.29) is 17.2 Å². The number of thiophene rings is 1. The van der Waals surface area contributed by atoms with E-state index in [1.165, 1.54) is 17.7 Å². The minimum absolute atomic E-state index is 0.0979. The topological polar surface area (TPSA) is 38.3 Å². The van der Waals surface area contributed by atoms with Crippen LogP contribution in [0.1, 0.15) is 43.4 Å². The van der Waals surface area contributed by atoms with Gasteiger partial charge in [-0.1, -0.05) is 18.9 Å². The van der Waals surface area contributed by atoms with Gasteiger partial charge < -0.3 is 10.1 Å². The first-order chi connectivity index (χ1) is 9.80. The van der Waals surface area contributed by atoms with Crippen LogP contribution in [0.3, 0.4) is 0 Å². The summed E-state index contributed by atoms with van der Waals surface area (Å²) in [5.74, 6) is 0.528. The summed E-state index contributed by atoms with van der Waals surface area (Å²) < 4.78 is 5.52. The van der Waals surface area contributed by atoms with Crippen molar-refractivity contribution in [3.05, 3.63) is 22.4 Å². The van der Waals surface area contributed by atoms with Crippen molar-refractivity contribution in [3.8, 4) is 0 Å². The first-order valence-electron chi connectivity index (χ1n) is 7.70. The van der Waals surface area contributed by atoms with Gasteiger partial charge in [-0.15, -0.1) is 11.3 Å². The molecule has 3 nitrogen and oxygen atoms in total. The maximum atomic E-state index is 12.3. The lowest BCUT2D eigenvalue weighted by Gasteiger charge is -2.37. The number of amides is 1. The molecule has 0 radical (unpaired) electrons. The molecule has 110 valence electrons. The zero-order valence-electron chi connectivity index (χ0n) is 11.9. The highest BCUT2D eigenvalue weighted by Crippen LogP contribution is 2.37. The molecule has 1 saturated carbocycles. The third-order valence-corrected chi connectivity index (χ3v) is 5.94. The third kappa shape index (κ3) is 2.91. The van der Waals surface area contributed by atoms with Crippen LogP contribution in [0.5, 0.6) is 0 Å². The van der Waals surface area contributed by atoms with Gasteiger partial charge in [0.1, 0.15) is 0 Å². The maximum absolute atomic E-state index is 12.3. The Morgan fingerprint density at radius 3 is 2.75 bits per heavy atom. The molecule has 2 fully saturated rings. The lowest BCUT2D eigenvalue weighted by Crippen LogP contribution is -2.45. The van der Waals surface area contributed by atoms with E-state index in [1.54, 1.807) is 11.3 Å². The van der Waals surface area contributed by atoms with Crippen molar-refractivity contribution in [3.63, 3.8) is 0 Å². The van der Waals surface area contributed by atoms with Gasteiger partial charge in [-0.3, -0.25) is 4.79 Å². The molecule has 2 heterocycles. The van der Waals surface area contributed by atoms with Crippen LogP contribution in [0.4, 0.5) is 0 Å². The van der Waals surface area contributed by atoms with Crippen molar-refractivity contribution in [2.45, 2.75) is 43.9 Å². The fourth-order valence-corrected chi connectivity index (χ4v) is 4.43. The van der Waals surface area contributed by atoms with E-state index in [2.05, 4.69) is 22.8 Å². The average Bonchev–Trinajstić information content (AvgIpc) is 3.18.